The van der Waals surface area contributed by atoms with Gasteiger partial charge in [0.2, 0.25) is 5.95 Å². The lowest BCUT2D eigenvalue weighted by Gasteiger charge is -2.13. The molecule has 0 radical (unpaired) electrons. The summed E-state index contributed by atoms with van der Waals surface area (Å²) in [6, 6.07) is 4.31. The van der Waals surface area contributed by atoms with Gasteiger partial charge in [-0.05, 0) is 6.07 Å². The molecule has 21 heavy (non-hydrogen) atoms. The maximum absolute atomic E-state index is 10.8. The van der Waals surface area contributed by atoms with Gasteiger partial charge in [-0.2, -0.15) is 0 Å². The third-order valence-corrected chi connectivity index (χ3v) is 3.41. The monoisotopic (exact) mass is 309 g/mol. The minimum atomic E-state index is -0.449. The average Bonchev–Trinajstić information content (AvgIpc) is 2.79. The number of nitrogens with one attached hydrogen (secondary N) is 1. The lowest BCUT2D eigenvalue weighted by atomic mass is 10.2. The van der Waals surface area contributed by atoms with Crippen LogP contribution >= 0.6 is 11.6 Å². The zero-order valence-corrected chi connectivity index (χ0v) is 12.8. The van der Waals surface area contributed by atoms with Gasteiger partial charge in [0, 0.05) is 33.3 Å². The number of imidazole rings is 1. The second-order valence-electron chi connectivity index (χ2n) is 4.78. The Labute approximate surface area is 127 Å². The van der Waals surface area contributed by atoms with Gasteiger partial charge in [0.05, 0.1) is 34.1 Å². The van der Waals surface area contributed by atoms with E-state index < -0.39 is 4.92 Å². The van der Waals surface area contributed by atoms with E-state index >= 15 is 0 Å². The Morgan fingerprint density at radius 1 is 1.48 bits per heavy atom. The molecule has 8 heteroatoms. The van der Waals surface area contributed by atoms with Crippen molar-refractivity contribution in [1.29, 1.82) is 0 Å². The lowest BCUT2D eigenvalue weighted by Crippen LogP contribution is -2.15. The van der Waals surface area contributed by atoms with Crippen LogP contribution in [0.25, 0.3) is 0 Å². The van der Waals surface area contributed by atoms with Crippen LogP contribution in [0.4, 0.5) is 17.3 Å². The lowest BCUT2D eigenvalue weighted by molar-refractivity contribution is -0.384. The summed E-state index contributed by atoms with van der Waals surface area (Å²) >= 11 is 6.05. The fourth-order valence-electron chi connectivity index (χ4n) is 1.96. The smallest absolute Gasteiger partial charge is 0.271 e. The SMILES string of the molecule is CN(C)c1ncc(CNc2cc([N+](=O)[O-])ccc2Cl)n1C. The third kappa shape index (κ3) is 3.25. The van der Waals surface area contributed by atoms with Gasteiger partial charge in [-0.15, -0.1) is 0 Å². The van der Waals surface area contributed by atoms with Crippen LogP contribution in [0.5, 0.6) is 0 Å². The molecule has 0 amide bonds. The predicted molar refractivity (Wildman–Crippen MR) is 83.0 cm³/mol. The largest absolute Gasteiger partial charge is 0.378 e. The molecule has 112 valence electrons. The Balaban J connectivity index is 2.16. The number of nitrogens with zero attached hydrogens (tertiary/aromatic N) is 4. The third-order valence-electron chi connectivity index (χ3n) is 3.08. The van der Waals surface area contributed by atoms with Crippen molar-refractivity contribution in [2.75, 3.05) is 24.3 Å². The van der Waals surface area contributed by atoms with Crippen LogP contribution in [0, 0.1) is 10.1 Å². The first-order chi connectivity index (χ1) is 9.90. The second-order valence-corrected chi connectivity index (χ2v) is 5.18. The minimum absolute atomic E-state index is 0.000821. The Hall–Kier alpha value is -2.28. The van der Waals surface area contributed by atoms with E-state index in [1.165, 1.54) is 18.2 Å². The topological polar surface area (TPSA) is 76.2 Å². The number of nitro benzene ring substituents is 1. The van der Waals surface area contributed by atoms with Gasteiger partial charge >= 0.3 is 0 Å². The molecule has 0 aliphatic heterocycles. The van der Waals surface area contributed by atoms with Crippen LogP contribution in [0.2, 0.25) is 5.02 Å². The van der Waals surface area contributed by atoms with Crippen LogP contribution in [0.3, 0.4) is 0 Å². The number of non-ortho nitro benzene ring substituents is 1. The second kappa shape index (κ2) is 6.01. The normalized spacial score (nSPS) is 10.5. The highest BCUT2D eigenvalue weighted by Crippen LogP contribution is 2.27. The molecule has 0 aliphatic carbocycles. The summed E-state index contributed by atoms with van der Waals surface area (Å²) in [5, 5.41) is 14.3. The van der Waals surface area contributed by atoms with Crippen molar-refractivity contribution >= 4 is 28.9 Å². The quantitative estimate of drug-likeness (QED) is 0.679. The summed E-state index contributed by atoms with van der Waals surface area (Å²) in [7, 11) is 5.74. The van der Waals surface area contributed by atoms with E-state index in [4.69, 9.17) is 11.6 Å². The molecule has 1 N–H and O–H groups in total. The molecule has 7 nitrogen and oxygen atoms in total. The van der Waals surface area contributed by atoms with E-state index in [9.17, 15) is 10.1 Å². The van der Waals surface area contributed by atoms with E-state index in [1.807, 2.05) is 30.6 Å². The van der Waals surface area contributed by atoms with Gasteiger partial charge < -0.3 is 14.8 Å². The van der Waals surface area contributed by atoms with Crippen molar-refractivity contribution in [2.24, 2.45) is 7.05 Å². The zero-order valence-electron chi connectivity index (χ0n) is 12.0. The molecule has 0 bridgehead atoms. The van der Waals surface area contributed by atoms with Gasteiger partial charge in [0.25, 0.3) is 5.69 Å². The molecule has 0 spiro atoms. The summed E-state index contributed by atoms with van der Waals surface area (Å²) in [5.74, 6) is 0.830. The van der Waals surface area contributed by atoms with Crippen molar-refractivity contribution in [3.63, 3.8) is 0 Å². The maximum Gasteiger partial charge on any atom is 0.271 e. The fourth-order valence-corrected chi connectivity index (χ4v) is 2.15. The maximum atomic E-state index is 10.8. The summed E-state index contributed by atoms with van der Waals surface area (Å²) in [4.78, 5) is 16.5. The van der Waals surface area contributed by atoms with E-state index in [0.29, 0.717) is 17.3 Å². The first kappa shape index (κ1) is 15.1. The highest BCUT2D eigenvalue weighted by Gasteiger charge is 2.11. The molecule has 1 heterocycles. The molecule has 0 aliphatic rings. The summed E-state index contributed by atoms with van der Waals surface area (Å²) in [6.45, 7) is 0.470. The van der Waals surface area contributed by atoms with Crippen molar-refractivity contribution in [3.05, 3.63) is 45.2 Å². The molecule has 0 saturated heterocycles. The molecule has 0 unspecified atom stereocenters. The van der Waals surface area contributed by atoms with Gasteiger partial charge in [-0.3, -0.25) is 10.1 Å². The molecule has 1 aromatic heterocycles. The number of halogens is 1. The van der Waals surface area contributed by atoms with Crippen molar-refractivity contribution in [2.45, 2.75) is 6.54 Å². The number of aromatic nitrogens is 2. The highest BCUT2D eigenvalue weighted by atomic mass is 35.5. The van der Waals surface area contributed by atoms with Crippen molar-refractivity contribution in [1.82, 2.24) is 9.55 Å². The summed E-state index contributed by atoms with van der Waals surface area (Å²) < 4.78 is 1.94. The first-order valence-electron chi connectivity index (χ1n) is 6.26. The zero-order chi connectivity index (χ0) is 15.6. The Bertz CT molecular complexity index is 669. The van der Waals surface area contributed by atoms with Crippen LogP contribution in [-0.2, 0) is 13.6 Å². The number of benzene rings is 1. The Morgan fingerprint density at radius 2 is 2.19 bits per heavy atom. The molecule has 2 rings (SSSR count). The first-order valence-corrected chi connectivity index (χ1v) is 6.63. The van der Waals surface area contributed by atoms with Gasteiger partial charge in [0.1, 0.15) is 0 Å². The molecule has 0 fully saturated rings. The molecule has 1 aromatic carbocycles. The standard InChI is InChI=1S/C13H16ClN5O2/c1-17(2)13-16-8-10(18(13)3)7-15-12-6-9(19(20)21)4-5-11(12)14/h4-6,8,15H,7H2,1-3H3. The average molecular weight is 310 g/mol. The van der Waals surface area contributed by atoms with Crippen LogP contribution < -0.4 is 10.2 Å². The van der Waals surface area contributed by atoms with Crippen molar-refractivity contribution in [3.8, 4) is 0 Å². The molecular weight excluding hydrogens is 294 g/mol. The number of nitro groups is 1. The van der Waals surface area contributed by atoms with E-state index in [2.05, 4.69) is 10.3 Å². The van der Waals surface area contributed by atoms with Crippen molar-refractivity contribution < 1.29 is 4.92 Å². The van der Waals surface area contributed by atoms with Crippen LogP contribution in [0.15, 0.2) is 24.4 Å². The van der Waals surface area contributed by atoms with Crippen LogP contribution in [-0.4, -0.2) is 28.6 Å². The minimum Gasteiger partial charge on any atom is -0.378 e. The van der Waals surface area contributed by atoms with Gasteiger partial charge in [-0.1, -0.05) is 11.6 Å². The van der Waals surface area contributed by atoms with E-state index in [0.717, 1.165) is 11.6 Å². The highest BCUT2D eigenvalue weighted by molar-refractivity contribution is 6.33. The Morgan fingerprint density at radius 3 is 2.76 bits per heavy atom. The number of hydrogen-bond donors (Lipinski definition) is 1. The molecule has 0 saturated carbocycles. The van der Waals surface area contributed by atoms with Gasteiger partial charge in [-0.25, -0.2) is 4.98 Å². The predicted octanol–water partition coefficient (Wildman–Crippen LogP) is 2.66. The Kier molecular flexibility index (Phi) is 4.32. The van der Waals surface area contributed by atoms with E-state index in [-0.39, 0.29) is 5.69 Å². The molecule has 0 atom stereocenters. The van der Waals surface area contributed by atoms with Gasteiger partial charge in [0.15, 0.2) is 0 Å². The fraction of sp³-hybridized carbons (Fsp3) is 0.308. The summed E-state index contributed by atoms with van der Waals surface area (Å²) in [5.41, 5.74) is 1.47. The number of rotatable bonds is 5. The molecular formula is C13H16ClN5O2. The number of anilines is 2. The molecule has 2 aromatic rings. The van der Waals surface area contributed by atoms with E-state index in [1.54, 1.807) is 6.20 Å². The number of hydrogen-bond acceptors (Lipinski definition) is 5. The van der Waals surface area contributed by atoms with Crippen LogP contribution in [0.1, 0.15) is 5.69 Å². The summed E-state index contributed by atoms with van der Waals surface area (Å²) in [6.07, 6.45) is 1.76.